The Morgan fingerprint density at radius 3 is 2.60 bits per heavy atom. The molecule has 0 fully saturated rings. The first-order chi connectivity index (χ1) is 9.63. The summed E-state index contributed by atoms with van der Waals surface area (Å²) in [4.78, 5) is 23.2. The zero-order valence-corrected chi connectivity index (χ0v) is 11.7. The topological polar surface area (TPSA) is 76.7 Å². The van der Waals surface area contributed by atoms with Crippen LogP contribution in [0.1, 0.15) is 13.3 Å². The monoisotopic (exact) mass is 280 g/mol. The number of ether oxygens (including phenoxy) is 2. The number of carbonyl (C=O) groups is 2. The Hall–Kier alpha value is -2.08. The van der Waals surface area contributed by atoms with Crippen molar-refractivity contribution in [1.82, 2.24) is 10.6 Å². The molecule has 0 saturated carbocycles. The van der Waals surface area contributed by atoms with Crippen molar-refractivity contribution >= 4 is 12.0 Å². The van der Waals surface area contributed by atoms with E-state index < -0.39 is 12.1 Å². The second-order valence-corrected chi connectivity index (χ2v) is 4.21. The minimum atomic E-state index is -0.659. The summed E-state index contributed by atoms with van der Waals surface area (Å²) in [6.07, 6.45) is 0.0689. The maximum Gasteiger partial charge on any atom is 0.413 e. The van der Waals surface area contributed by atoms with Gasteiger partial charge in [0.2, 0.25) is 5.91 Å². The van der Waals surface area contributed by atoms with E-state index in [1.807, 2.05) is 6.07 Å². The van der Waals surface area contributed by atoms with E-state index in [0.717, 1.165) is 6.42 Å². The molecule has 1 aromatic rings. The quantitative estimate of drug-likeness (QED) is 0.738. The highest BCUT2D eigenvalue weighted by molar-refractivity contribution is 5.85. The van der Waals surface area contributed by atoms with E-state index >= 15 is 0 Å². The molecule has 0 spiro atoms. The zero-order chi connectivity index (χ0) is 14.8. The molecule has 0 aliphatic rings. The Balaban J connectivity index is 2.28. The molecule has 0 aromatic heterocycles. The predicted molar refractivity (Wildman–Crippen MR) is 74.6 cm³/mol. The molecule has 2 amide bonds. The average Bonchev–Trinajstić information content (AvgIpc) is 2.44. The van der Waals surface area contributed by atoms with Crippen LogP contribution in [0.4, 0.5) is 4.79 Å². The van der Waals surface area contributed by atoms with Crippen molar-refractivity contribution in [2.24, 2.45) is 0 Å². The van der Waals surface area contributed by atoms with Crippen molar-refractivity contribution in [1.29, 1.82) is 0 Å². The molecule has 0 aliphatic heterocycles. The van der Waals surface area contributed by atoms with Crippen LogP contribution < -0.4 is 15.4 Å². The van der Waals surface area contributed by atoms with E-state index in [9.17, 15) is 9.59 Å². The number of benzene rings is 1. The van der Waals surface area contributed by atoms with Crippen LogP contribution in [0.2, 0.25) is 0 Å². The van der Waals surface area contributed by atoms with E-state index in [1.54, 1.807) is 38.3 Å². The van der Waals surface area contributed by atoms with Gasteiger partial charge in [0.1, 0.15) is 11.8 Å². The van der Waals surface area contributed by atoms with Gasteiger partial charge in [0.05, 0.1) is 0 Å². The number of hydrogen-bond donors (Lipinski definition) is 2. The normalized spacial score (nSPS) is 11.5. The molecule has 6 nitrogen and oxygen atoms in total. The summed E-state index contributed by atoms with van der Waals surface area (Å²) in [6, 6.07) is 8.00. The lowest BCUT2D eigenvalue weighted by atomic mass is 10.3. The van der Waals surface area contributed by atoms with E-state index in [4.69, 9.17) is 9.47 Å². The number of carbonyl (C=O) groups excluding carboxylic acids is 2. The molecule has 110 valence electrons. The van der Waals surface area contributed by atoms with Crippen molar-refractivity contribution in [3.8, 4) is 5.75 Å². The molecular formula is C14H20N2O4. The molecule has 1 aromatic carbocycles. The summed E-state index contributed by atoms with van der Waals surface area (Å²) in [7, 11) is 1.60. The molecule has 1 atom stereocenters. The van der Waals surface area contributed by atoms with Gasteiger partial charge >= 0.3 is 6.09 Å². The predicted octanol–water partition coefficient (Wildman–Crippen LogP) is 1.32. The number of para-hydroxylation sites is 1. The van der Waals surface area contributed by atoms with Gasteiger partial charge in [-0.3, -0.25) is 4.79 Å². The fourth-order valence-corrected chi connectivity index (χ4v) is 1.45. The molecule has 0 unspecified atom stereocenters. The number of rotatable bonds is 7. The van der Waals surface area contributed by atoms with Crippen LogP contribution in [0.25, 0.3) is 0 Å². The minimum Gasteiger partial charge on any atom is -0.410 e. The van der Waals surface area contributed by atoms with Gasteiger partial charge in [-0.2, -0.15) is 0 Å². The molecular weight excluding hydrogens is 260 g/mol. The van der Waals surface area contributed by atoms with E-state index in [-0.39, 0.29) is 5.91 Å². The van der Waals surface area contributed by atoms with Gasteiger partial charge in [0.25, 0.3) is 0 Å². The number of amides is 2. The standard InChI is InChI=1S/C14H20N2O4/c1-11(13(17)15-9-6-10-19-2)16-14(18)20-12-7-4-3-5-8-12/h3-5,7-8,11H,6,9-10H2,1-2H3,(H,15,17)(H,16,18)/t11-/m0/s1. The first-order valence-electron chi connectivity index (χ1n) is 6.43. The Morgan fingerprint density at radius 1 is 1.25 bits per heavy atom. The molecule has 0 bridgehead atoms. The smallest absolute Gasteiger partial charge is 0.410 e. The fourth-order valence-electron chi connectivity index (χ4n) is 1.45. The van der Waals surface area contributed by atoms with E-state index in [2.05, 4.69) is 10.6 Å². The second-order valence-electron chi connectivity index (χ2n) is 4.21. The first-order valence-corrected chi connectivity index (χ1v) is 6.43. The number of nitrogens with one attached hydrogen (secondary N) is 2. The Bertz CT molecular complexity index is 422. The number of hydrogen-bond acceptors (Lipinski definition) is 4. The summed E-state index contributed by atoms with van der Waals surface area (Å²) in [5.41, 5.74) is 0. The molecule has 2 N–H and O–H groups in total. The molecule has 6 heteroatoms. The Labute approximate surface area is 118 Å². The van der Waals surface area contributed by atoms with Crippen LogP contribution in [-0.4, -0.2) is 38.3 Å². The van der Waals surface area contributed by atoms with Gasteiger partial charge in [0, 0.05) is 20.3 Å². The first kappa shape index (κ1) is 16.0. The lowest BCUT2D eigenvalue weighted by Crippen LogP contribution is -2.46. The lowest BCUT2D eigenvalue weighted by molar-refractivity contribution is -0.122. The van der Waals surface area contributed by atoms with Crippen LogP contribution >= 0.6 is 0 Å². The largest absolute Gasteiger partial charge is 0.413 e. The molecule has 0 heterocycles. The van der Waals surface area contributed by atoms with Gasteiger partial charge < -0.3 is 20.1 Å². The van der Waals surface area contributed by atoms with Crippen molar-refractivity contribution in [2.75, 3.05) is 20.3 Å². The summed E-state index contributed by atoms with van der Waals surface area (Å²) in [5.74, 6) is 0.170. The van der Waals surface area contributed by atoms with Gasteiger partial charge in [-0.25, -0.2) is 4.79 Å². The maximum atomic E-state index is 11.7. The van der Waals surface area contributed by atoms with Crippen LogP contribution in [-0.2, 0) is 9.53 Å². The highest BCUT2D eigenvalue weighted by atomic mass is 16.6. The summed E-state index contributed by atoms with van der Waals surface area (Å²) < 4.78 is 9.90. The molecule has 20 heavy (non-hydrogen) atoms. The van der Waals surface area contributed by atoms with Crippen molar-refractivity contribution in [3.05, 3.63) is 30.3 Å². The minimum absolute atomic E-state index is 0.258. The van der Waals surface area contributed by atoms with Gasteiger partial charge in [-0.1, -0.05) is 18.2 Å². The van der Waals surface area contributed by atoms with Crippen molar-refractivity contribution < 1.29 is 19.1 Å². The SMILES string of the molecule is COCCCNC(=O)[C@H](C)NC(=O)Oc1ccccc1. The molecule has 0 aliphatic carbocycles. The third-order valence-electron chi connectivity index (χ3n) is 2.51. The van der Waals surface area contributed by atoms with Crippen molar-refractivity contribution in [2.45, 2.75) is 19.4 Å². The van der Waals surface area contributed by atoms with Gasteiger partial charge in [-0.05, 0) is 25.5 Å². The second kappa shape index (κ2) is 8.92. The van der Waals surface area contributed by atoms with E-state index in [0.29, 0.717) is 18.9 Å². The maximum absolute atomic E-state index is 11.7. The Kier molecular flexibility index (Phi) is 7.13. The fraction of sp³-hybridized carbons (Fsp3) is 0.429. The highest BCUT2D eigenvalue weighted by Crippen LogP contribution is 2.08. The van der Waals surface area contributed by atoms with Crippen molar-refractivity contribution in [3.63, 3.8) is 0 Å². The van der Waals surface area contributed by atoms with Gasteiger partial charge in [0.15, 0.2) is 0 Å². The number of methoxy groups -OCH3 is 1. The Morgan fingerprint density at radius 2 is 1.95 bits per heavy atom. The van der Waals surface area contributed by atoms with Crippen LogP contribution in [0.3, 0.4) is 0 Å². The summed E-state index contributed by atoms with van der Waals surface area (Å²) in [5, 5.41) is 5.16. The van der Waals surface area contributed by atoms with Gasteiger partial charge in [-0.15, -0.1) is 0 Å². The third kappa shape index (κ3) is 6.19. The van der Waals surface area contributed by atoms with Crippen LogP contribution in [0.5, 0.6) is 5.75 Å². The van der Waals surface area contributed by atoms with E-state index in [1.165, 1.54) is 0 Å². The lowest BCUT2D eigenvalue weighted by Gasteiger charge is -2.14. The molecule has 1 rings (SSSR count). The summed E-state index contributed by atoms with van der Waals surface area (Å²) in [6.45, 7) is 2.68. The van der Waals surface area contributed by atoms with Crippen LogP contribution in [0, 0.1) is 0 Å². The van der Waals surface area contributed by atoms with Crippen LogP contribution in [0.15, 0.2) is 30.3 Å². The summed E-state index contributed by atoms with van der Waals surface area (Å²) >= 11 is 0. The zero-order valence-electron chi connectivity index (χ0n) is 11.7. The molecule has 0 saturated heterocycles. The highest BCUT2D eigenvalue weighted by Gasteiger charge is 2.16. The third-order valence-corrected chi connectivity index (χ3v) is 2.51. The average molecular weight is 280 g/mol. The molecule has 0 radical (unpaired) electrons.